The normalized spacial score (nSPS) is 15.1. The van der Waals surface area contributed by atoms with Crippen molar-refractivity contribution in [2.45, 2.75) is 45.7 Å². The van der Waals surface area contributed by atoms with E-state index in [1.807, 2.05) is 12.1 Å². The zero-order valence-electron chi connectivity index (χ0n) is 11.4. The SMILES string of the molecule is COCC(NC(C)CCc1ccco1)C(C)C. The lowest BCUT2D eigenvalue weighted by Gasteiger charge is -2.25. The molecule has 1 aromatic rings. The molecule has 17 heavy (non-hydrogen) atoms. The number of furan rings is 1. The van der Waals surface area contributed by atoms with Gasteiger partial charge in [-0.05, 0) is 31.4 Å². The van der Waals surface area contributed by atoms with Crippen LogP contribution < -0.4 is 5.32 Å². The first-order valence-corrected chi connectivity index (χ1v) is 6.40. The number of nitrogens with one attached hydrogen (secondary N) is 1. The molecule has 0 radical (unpaired) electrons. The molecule has 1 rings (SSSR count). The van der Waals surface area contributed by atoms with Gasteiger partial charge in [-0.1, -0.05) is 13.8 Å². The predicted octanol–water partition coefficient (Wildman–Crippen LogP) is 2.86. The first-order valence-electron chi connectivity index (χ1n) is 6.40. The Balaban J connectivity index is 2.29. The summed E-state index contributed by atoms with van der Waals surface area (Å²) in [4.78, 5) is 0. The molecule has 0 bridgehead atoms. The molecule has 0 aromatic carbocycles. The number of aryl methyl sites for hydroxylation is 1. The molecule has 2 atom stereocenters. The Kier molecular flexibility index (Phi) is 6.30. The third kappa shape index (κ3) is 5.37. The van der Waals surface area contributed by atoms with Crippen molar-refractivity contribution in [2.24, 2.45) is 5.92 Å². The van der Waals surface area contributed by atoms with Crippen LogP contribution in [0.5, 0.6) is 0 Å². The van der Waals surface area contributed by atoms with Crippen LogP contribution in [0.3, 0.4) is 0 Å². The average molecular weight is 239 g/mol. The Hall–Kier alpha value is -0.800. The van der Waals surface area contributed by atoms with E-state index in [-0.39, 0.29) is 0 Å². The van der Waals surface area contributed by atoms with Crippen molar-refractivity contribution in [3.8, 4) is 0 Å². The molecule has 98 valence electrons. The third-order valence-electron chi connectivity index (χ3n) is 3.05. The van der Waals surface area contributed by atoms with E-state index in [1.54, 1.807) is 13.4 Å². The van der Waals surface area contributed by atoms with Gasteiger partial charge in [0, 0.05) is 25.6 Å². The summed E-state index contributed by atoms with van der Waals surface area (Å²) < 4.78 is 10.6. The standard InChI is InChI=1S/C14H25NO2/c1-11(2)14(10-16-4)15-12(3)7-8-13-6-5-9-17-13/h5-6,9,11-12,14-15H,7-8,10H2,1-4H3. The number of hydrogen-bond acceptors (Lipinski definition) is 3. The van der Waals surface area contributed by atoms with Crippen LogP contribution in [-0.2, 0) is 11.2 Å². The van der Waals surface area contributed by atoms with Gasteiger partial charge in [0.25, 0.3) is 0 Å². The maximum absolute atomic E-state index is 5.33. The third-order valence-corrected chi connectivity index (χ3v) is 3.05. The highest BCUT2D eigenvalue weighted by Gasteiger charge is 2.15. The molecular weight excluding hydrogens is 214 g/mol. The first kappa shape index (κ1) is 14.3. The molecule has 1 aromatic heterocycles. The Morgan fingerprint density at radius 3 is 2.65 bits per heavy atom. The van der Waals surface area contributed by atoms with E-state index in [1.165, 1.54) is 0 Å². The number of methoxy groups -OCH3 is 1. The molecule has 0 aliphatic carbocycles. The number of hydrogen-bond donors (Lipinski definition) is 1. The summed E-state index contributed by atoms with van der Waals surface area (Å²) in [6, 6.07) is 4.87. The average Bonchev–Trinajstić information content (AvgIpc) is 2.78. The second-order valence-electron chi connectivity index (χ2n) is 4.99. The van der Waals surface area contributed by atoms with Crippen LogP contribution >= 0.6 is 0 Å². The Morgan fingerprint density at radius 1 is 1.35 bits per heavy atom. The molecule has 0 fully saturated rings. The molecule has 2 unspecified atom stereocenters. The van der Waals surface area contributed by atoms with Crippen molar-refractivity contribution >= 4 is 0 Å². The monoisotopic (exact) mass is 239 g/mol. The van der Waals surface area contributed by atoms with Crippen molar-refractivity contribution in [2.75, 3.05) is 13.7 Å². The first-order chi connectivity index (χ1) is 8.13. The topological polar surface area (TPSA) is 34.4 Å². The van der Waals surface area contributed by atoms with Crippen LogP contribution in [0.4, 0.5) is 0 Å². The molecule has 0 aliphatic heterocycles. The zero-order chi connectivity index (χ0) is 12.7. The van der Waals surface area contributed by atoms with E-state index in [4.69, 9.17) is 9.15 Å². The molecule has 1 N–H and O–H groups in total. The molecular formula is C14H25NO2. The second-order valence-corrected chi connectivity index (χ2v) is 4.99. The van der Waals surface area contributed by atoms with E-state index in [2.05, 4.69) is 26.1 Å². The quantitative estimate of drug-likeness (QED) is 0.757. The van der Waals surface area contributed by atoms with E-state index >= 15 is 0 Å². The molecule has 0 spiro atoms. The maximum Gasteiger partial charge on any atom is 0.103 e. The van der Waals surface area contributed by atoms with Crippen LogP contribution in [0, 0.1) is 5.92 Å². The van der Waals surface area contributed by atoms with Crippen LogP contribution in [0.15, 0.2) is 22.8 Å². The maximum atomic E-state index is 5.33. The molecule has 0 aliphatic rings. The highest BCUT2D eigenvalue weighted by atomic mass is 16.5. The van der Waals surface area contributed by atoms with Crippen molar-refractivity contribution in [1.29, 1.82) is 0 Å². The summed E-state index contributed by atoms with van der Waals surface area (Å²) in [6.07, 6.45) is 3.80. The fourth-order valence-corrected chi connectivity index (χ4v) is 1.87. The van der Waals surface area contributed by atoms with Gasteiger partial charge < -0.3 is 14.5 Å². The van der Waals surface area contributed by atoms with Gasteiger partial charge in [-0.25, -0.2) is 0 Å². The van der Waals surface area contributed by atoms with E-state index < -0.39 is 0 Å². The summed E-state index contributed by atoms with van der Waals surface area (Å²) in [5.74, 6) is 1.65. The Labute approximate surface area is 105 Å². The van der Waals surface area contributed by atoms with Gasteiger partial charge in [0.2, 0.25) is 0 Å². The minimum Gasteiger partial charge on any atom is -0.469 e. The van der Waals surface area contributed by atoms with Crippen LogP contribution in [-0.4, -0.2) is 25.8 Å². The zero-order valence-corrected chi connectivity index (χ0v) is 11.4. The Bertz CT molecular complexity index is 282. The lowest BCUT2D eigenvalue weighted by atomic mass is 10.0. The Morgan fingerprint density at radius 2 is 2.12 bits per heavy atom. The molecule has 3 nitrogen and oxygen atoms in total. The summed E-state index contributed by atoms with van der Waals surface area (Å²) in [6.45, 7) is 7.42. The highest BCUT2D eigenvalue weighted by Crippen LogP contribution is 2.08. The molecule has 0 amide bonds. The largest absolute Gasteiger partial charge is 0.469 e. The van der Waals surface area contributed by atoms with Crippen LogP contribution in [0.25, 0.3) is 0 Å². The minimum absolute atomic E-state index is 0.423. The summed E-state index contributed by atoms with van der Waals surface area (Å²) in [5, 5.41) is 3.61. The van der Waals surface area contributed by atoms with Gasteiger partial charge in [-0.15, -0.1) is 0 Å². The van der Waals surface area contributed by atoms with Gasteiger partial charge in [-0.2, -0.15) is 0 Å². The minimum atomic E-state index is 0.423. The number of ether oxygens (including phenoxy) is 1. The van der Waals surface area contributed by atoms with Gasteiger partial charge >= 0.3 is 0 Å². The highest BCUT2D eigenvalue weighted by molar-refractivity contribution is 4.98. The van der Waals surface area contributed by atoms with Gasteiger partial charge in [0.15, 0.2) is 0 Å². The fraction of sp³-hybridized carbons (Fsp3) is 0.714. The fourth-order valence-electron chi connectivity index (χ4n) is 1.87. The second kappa shape index (κ2) is 7.51. The van der Waals surface area contributed by atoms with Gasteiger partial charge in [0.05, 0.1) is 12.9 Å². The van der Waals surface area contributed by atoms with Gasteiger partial charge in [0.1, 0.15) is 5.76 Å². The lowest BCUT2D eigenvalue weighted by Crippen LogP contribution is -2.43. The predicted molar refractivity (Wildman–Crippen MR) is 70.1 cm³/mol. The molecule has 3 heteroatoms. The van der Waals surface area contributed by atoms with Crippen LogP contribution in [0.1, 0.15) is 33.0 Å². The molecule has 1 heterocycles. The smallest absolute Gasteiger partial charge is 0.103 e. The lowest BCUT2D eigenvalue weighted by molar-refractivity contribution is 0.140. The summed E-state index contributed by atoms with van der Waals surface area (Å²) >= 11 is 0. The van der Waals surface area contributed by atoms with Gasteiger partial charge in [-0.3, -0.25) is 0 Å². The summed E-state index contributed by atoms with van der Waals surface area (Å²) in [5.41, 5.74) is 0. The number of rotatable bonds is 8. The van der Waals surface area contributed by atoms with E-state index in [0.717, 1.165) is 25.2 Å². The van der Waals surface area contributed by atoms with E-state index in [9.17, 15) is 0 Å². The van der Waals surface area contributed by atoms with Crippen molar-refractivity contribution in [3.05, 3.63) is 24.2 Å². The van der Waals surface area contributed by atoms with Crippen molar-refractivity contribution in [1.82, 2.24) is 5.32 Å². The van der Waals surface area contributed by atoms with Crippen LogP contribution in [0.2, 0.25) is 0 Å². The van der Waals surface area contributed by atoms with E-state index in [0.29, 0.717) is 18.0 Å². The summed E-state index contributed by atoms with van der Waals surface area (Å²) in [7, 11) is 1.75. The van der Waals surface area contributed by atoms with Crippen molar-refractivity contribution < 1.29 is 9.15 Å². The van der Waals surface area contributed by atoms with Crippen molar-refractivity contribution in [3.63, 3.8) is 0 Å². The molecule has 0 saturated heterocycles. The molecule has 0 saturated carbocycles.